The highest BCUT2D eigenvalue weighted by Crippen LogP contribution is 2.09. The molecule has 2 heterocycles. The number of hydrogen-bond donors (Lipinski definition) is 3. The van der Waals surface area contributed by atoms with E-state index in [1.54, 1.807) is 0 Å². The molecule has 0 radical (unpaired) electrons. The Bertz CT molecular complexity index is 302. The summed E-state index contributed by atoms with van der Waals surface area (Å²) in [4.78, 5) is 6.49. The fourth-order valence-electron chi connectivity index (χ4n) is 2.04. The fraction of sp³-hybridized carbons (Fsp3) is 0.800. The zero-order valence-electron chi connectivity index (χ0n) is 9.58. The minimum Gasteiger partial charge on any atom is -0.368 e. The first-order chi connectivity index (χ1) is 7.84. The molecular weight excluding hydrogens is 204 g/mol. The van der Waals surface area contributed by atoms with Crippen LogP contribution in [0.3, 0.4) is 0 Å². The van der Waals surface area contributed by atoms with Crippen molar-refractivity contribution in [1.82, 2.24) is 20.1 Å². The van der Waals surface area contributed by atoms with Crippen LogP contribution in [-0.4, -0.2) is 46.3 Å². The van der Waals surface area contributed by atoms with Gasteiger partial charge in [0.2, 0.25) is 11.9 Å². The molecule has 0 amide bonds. The third-order valence-electron chi connectivity index (χ3n) is 2.91. The first kappa shape index (κ1) is 11.2. The summed E-state index contributed by atoms with van der Waals surface area (Å²) in [5, 5.41) is 9.69. The number of anilines is 2. The Hall–Kier alpha value is -1.30. The molecular formula is C10H20N6. The van der Waals surface area contributed by atoms with Gasteiger partial charge in [0, 0.05) is 13.1 Å². The highest BCUT2D eigenvalue weighted by Gasteiger charge is 2.08. The average Bonchev–Trinajstić information content (AvgIpc) is 2.54. The van der Waals surface area contributed by atoms with Crippen molar-refractivity contribution in [1.29, 1.82) is 0 Å². The molecule has 2 rings (SSSR count). The lowest BCUT2D eigenvalue weighted by Crippen LogP contribution is -2.30. The zero-order valence-corrected chi connectivity index (χ0v) is 9.58. The van der Waals surface area contributed by atoms with E-state index in [2.05, 4.69) is 25.4 Å². The Morgan fingerprint density at radius 3 is 2.62 bits per heavy atom. The van der Waals surface area contributed by atoms with Crippen LogP contribution in [0.15, 0.2) is 0 Å². The van der Waals surface area contributed by atoms with E-state index in [9.17, 15) is 0 Å². The maximum Gasteiger partial charge on any atom is 0.243 e. The van der Waals surface area contributed by atoms with Gasteiger partial charge in [0.1, 0.15) is 0 Å². The van der Waals surface area contributed by atoms with Gasteiger partial charge in [0.25, 0.3) is 0 Å². The van der Waals surface area contributed by atoms with Gasteiger partial charge in [-0.2, -0.15) is 4.98 Å². The van der Waals surface area contributed by atoms with Crippen molar-refractivity contribution in [2.45, 2.75) is 25.7 Å². The predicted molar refractivity (Wildman–Crippen MR) is 64.2 cm³/mol. The summed E-state index contributed by atoms with van der Waals surface area (Å²) in [7, 11) is 0. The topological polar surface area (TPSA) is 82.9 Å². The van der Waals surface area contributed by atoms with E-state index in [4.69, 9.17) is 5.73 Å². The lowest BCUT2D eigenvalue weighted by molar-refractivity contribution is 0.296. The van der Waals surface area contributed by atoms with Crippen LogP contribution in [0.25, 0.3) is 0 Å². The lowest BCUT2D eigenvalue weighted by Gasteiger charge is -2.19. The summed E-state index contributed by atoms with van der Waals surface area (Å²) >= 11 is 0. The summed E-state index contributed by atoms with van der Waals surface area (Å²) in [6, 6.07) is 0. The molecule has 6 nitrogen and oxygen atoms in total. The number of nitrogen functional groups attached to an aromatic ring is 1. The molecule has 0 spiro atoms. The molecule has 1 aliphatic rings. The lowest BCUT2D eigenvalue weighted by atomic mass is 10.2. The van der Waals surface area contributed by atoms with Crippen LogP contribution in [0.5, 0.6) is 0 Å². The summed E-state index contributed by atoms with van der Waals surface area (Å²) < 4.78 is 0. The van der Waals surface area contributed by atoms with E-state index in [1.807, 2.05) is 0 Å². The number of rotatable bonds is 4. The second-order valence-electron chi connectivity index (χ2n) is 4.23. The number of hydrogen-bond acceptors (Lipinski definition) is 5. The van der Waals surface area contributed by atoms with Gasteiger partial charge in [-0.05, 0) is 25.9 Å². The van der Waals surface area contributed by atoms with E-state index in [-0.39, 0.29) is 0 Å². The molecule has 16 heavy (non-hydrogen) atoms. The number of aromatic amines is 1. The highest BCUT2D eigenvalue weighted by atomic mass is 15.3. The van der Waals surface area contributed by atoms with Crippen molar-refractivity contribution in [3.8, 4) is 0 Å². The highest BCUT2D eigenvalue weighted by molar-refractivity contribution is 5.29. The summed E-state index contributed by atoms with van der Waals surface area (Å²) in [5.41, 5.74) is 5.43. The fourth-order valence-corrected chi connectivity index (χ4v) is 2.04. The third-order valence-corrected chi connectivity index (χ3v) is 2.91. The molecule has 0 atom stereocenters. The van der Waals surface area contributed by atoms with Gasteiger partial charge in [-0.3, -0.25) is 0 Å². The van der Waals surface area contributed by atoms with Gasteiger partial charge < -0.3 is 16.0 Å². The van der Waals surface area contributed by atoms with Gasteiger partial charge >= 0.3 is 0 Å². The molecule has 1 aromatic rings. The standard InChI is InChI=1S/C10H20N6/c11-9-13-10(15-14-9)12-5-8-16-6-3-1-2-4-7-16/h1-8H2,(H4,11,12,13,14,15). The normalized spacial score (nSPS) is 18.2. The second-order valence-corrected chi connectivity index (χ2v) is 4.23. The Labute approximate surface area is 95.6 Å². The van der Waals surface area contributed by atoms with Crippen LogP contribution in [0.2, 0.25) is 0 Å². The summed E-state index contributed by atoms with van der Waals surface area (Å²) in [5.74, 6) is 0.949. The number of H-pyrrole nitrogens is 1. The molecule has 1 saturated heterocycles. The van der Waals surface area contributed by atoms with Crippen molar-refractivity contribution in [3.05, 3.63) is 0 Å². The predicted octanol–water partition coefficient (Wildman–Crippen LogP) is 0.675. The van der Waals surface area contributed by atoms with Crippen LogP contribution in [0.1, 0.15) is 25.7 Å². The van der Waals surface area contributed by atoms with Gasteiger partial charge in [0.15, 0.2) is 0 Å². The minimum atomic E-state index is 0.359. The van der Waals surface area contributed by atoms with Crippen molar-refractivity contribution < 1.29 is 0 Å². The molecule has 90 valence electrons. The van der Waals surface area contributed by atoms with E-state index >= 15 is 0 Å². The van der Waals surface area contributed by atoms with E-state index in [0.29, 0.717) is 11.9 Å². The van der Waals surface area contributed by atoms with Gasteiger partial charge in [0.05, 0.1) is 0 Å². The monoisotopic (exact) mass is 224 g/mol. The van der Waals surface area contributed by atoms with Crippen LogP contribution in [0, 0.1) is 0 Å². The average molecular weight is 224 g/mol. The Morgan fingerprint density at radius 2 is 2.00 bits per heavy atom. The summed E-state index contributed by atoms with van der Waals surface area (Å²) in [6.45, 7) is 4.36. The maximum atomic E-state index is 5.43. The molecule has 0 unspecified atom stereocenters. The smallest absolute Gasteiger partial charge is 0.243 e. The molecule has 1 aromatic heterocycles. The number of nitrogens with zero attached hydrogens (tertiary/aromatic N) is 3. The molecule has 6 heteroatoms. The van der Waals surface area contributed by atoms with Gasteiger partial charge in [-0.15, -0.1) is 5.10 Å². The molecule has 1 fully saturated rings. The molecule has 0 saturated carbocycles. The molecule has 0 aromatic carbocycles. The number of nitrogens with one attached hydrogen (secondary N) is 2. The second kappa shape index (κ2) is 5.69. The first-order valence-electron chi connectivity index (χ1n) is 5.99. The van der Waals surface area contributed by atoms with Crippen molar-refractivity contribution in [2.24, 2.45) is 0 Å². The van der Waals surface area contributed by atoms with E-state index in [1.165, 1.54) is 38.8 Å². The first-order valence-corrected chi connectivity index (χ1v) is 5.99. The van der Waals surface area contributed by atoms with Crippen molar-refractivity contribution in [2.75, 3.05) is 37.2 Å². The third kappa shape index (κ3) is 3.37. The summed E-state index contributed by atoms with van der Waals surface area (Å²) in [6.07, 6.45) is 5.41. The van der Waals surface area contributed by atoms with Crippen LogP contribution >= 0.6 is 0 Å². The minimum absolute atomic E-state index is 0.359. The quantitative estimate of drug-likeness (QED) is 0.700. The largest absolute Gasteiger partial charge is 0.368 e. The van der Waals surface area contributed by atoms with E-state index in [0.717, 1.165) is 13.1 Å². The molecule has 0 bridgehead atoms. The van der Waals surface area contributed by atoms with E-state index < -0.39 is 0 Å². The molecule has 4 N–H and O–H groups in total. The SMILES string of the molecule is Nc1nc(NCCN2CCCCCC2)n[nH]1. The van der Waals surface area contributed by atoms with Gasteiger partial charge in [-0.25, -0.2) is 5.10 Å². The Kier molecular flexibility index (Phi) is 3.98. The maximum absolute atomic E-state index is 5.43. The number of likely N-dealkylation sites (tertiary alicyclic amines) is 1. The van der Waals surface area contributed by atoms with Crippen LogP contribution < -0.4 is 11.1 Å². The molecule has 1 aliphatic heterocycles. The van der Waals surface area contributed by atoms with Crippen LogP contribution in [0.4, 0.5) is 11.9 Å². The molecule has 0 aliphatic carbocycles. The Balaban J connectivity index is 1.67. The van der Waals surface area contributed by atoms with Gasteiger partial charge in [-0.1, -0.05) is 12.8 Å². The Morgan fingerprint density at radius 1 is 1.25 bits per heavy atom. The van der Waals surface area contributed by atoms with Crippen molar-refractivity contribution in [3.63, 3.8) is 0 Å². The van der Waals surface area contributed by atoms with Crippen molar-refractivity contribution >= 4 is 11.9 Å². The number of nitrogens with two attached hydrogens (primary N) is 1. The number of aromatic nitrogens is 3. The zero-order chi connectivity index (χ0) is 11.2. The van der Waals surface area contributed by atoms with Crippen LogP contribution in [-0.2, 0) is 0 Å².